The topological polar surface area (TPSA) is 86.1 Å². The van der Waals surface area contributed by atoms with Crippen LogP contribution < -0.4 is 0 Å². The maximum Gasteiger partial charge on any atom is 0.243 e. The van der Waals surface area contributed by atoms with Crippen LogP contribution >= 0.6 is 0 Å². The number of azide groups is 1. The van der Waals surface area contributed by atoms with Crippen molar-refractivity contribution in [3.8, 4) is 0 Å². The molecule has 2 aromatic rings. The minimum absolute atomic E-state index is 0.173. The molecule has 1 fully saturated rings. The van der Waals surface area contributed by atoms with E-state index in [1.807, 2.05) is 43.3 Å². The van der Waals surface area contributed by atoms with Gasteiger partial charge in [0, 0.05) is 23.4 Å². The molecule has 1 saturated heterocycles. The van der Waals surface area contributed by atoms with Crippen LogP contribution in [0.2, 0.25) is 0 Å². The molecule has 0 unspecified atom stereocenters. The maximum absolute atomic E-state index is 13.3. The van der Waals surface area contributed by atoms with E-state index in [0.29, 0.717) is 19.4 Å². The summed E-state index contributed by atoms with van der Waals surface area (Å²) in [5.74, 6) is 0. The Hall–Kier alpha value is -2.60. The third-order valence-electron chi connectivity index (χ3n) is 5.31. The van der Waals surface area contributed by atoms with Crippen LogP contribution in [0.1, 0.15) is 24.0 Å². The van der Waals surface area contributed by atoms with Gasteiger partial charge in [-0.15, -0.1) is 6.58 Å². The Morgan fingerprint density at radius 1 is 1.25 bits per heavy atom. The highest BCUT2D eigenvalue weighted by atomic mass is 32.2. The Balaban J connectivity index is 2.07. The van der Waals surface area contributed by atoms with E-state index in [4.69, 9.17) is 5.53 Å². The first kappa shape index (κ1) is 20.1. The molecule has 0 radical (unpaired) electrons. The monoisotopic (exact) mass is 396 g/mol. The van der Waals surface area contributed by atoms with E-state index in [0.717, 1.165) is 11.1 Å². The fourth-order valence-corrected chi connectivity index (χ4v) is 5.52. The fraction of sp³-hybridized carbons (Fsp3) is 0.333. The van der Waals surface area contributed by atoms with Crippen molar-refractivity contribution >= 4 is 10.0 Å². The van der Waals surface area contributed by atoms with Crippen LogP contribution in [0.4, 0.5) is 0 Å². The molecule has 146 valence electrons. The molecule has 0 N–H and O–H groups in total. The van der Waals surface area contributed by atoms with Crippen LogP contribution in [0.15, 0.2) is 77.3 Å². The van der Waals surface area contributed by atoms with Gasteiger partial charge >= 0.3 is 0 Å². The molecule has 1 aliphatic rings. The molecule has 6 nitrogen and oxygen atoms in total. The molecule has 7 heteroatoms. The average molecular weight is 397 g/mol. The van der Waals surface area contributed by atoms with Crippen molar-refractivity contribution in [3.05, 3.63) is 88.8 Å². The van der Waals surface area contributed by atoms with Gasteiger partial charge in [-0.05, 0) is 43.0 Å². The van der Waals surface area contributed by atoms with Crippen molar-refractivity contribution in [1.82, 2.24) is 4.31 Å². The Labute approximate surface area is 166 Å². The fourth-order valence-electron chi connectivity index (χ4n) is 3.95. The number of sulfonamides is 1. The standard InChI is InChI=1S/C21H24N4O2S/c1-3-13-21(18-7-5-4-6-8-18)14-19(23-24-22)15-25(16-21)28(26,27)20-11-9-17(2)10-12-20/h3-12,19H,1,13-16H2,2H3/t19-,21+/m1/s1. The Kier molecular flexibility index (Phi) is 5.89. The number of hydrogen-bond donors (Lipinski definition) is 0. The first-order valence-electron chi connectivity index (χ1n) is 9.19. The van der Waals surface area contributed by atoms with Gasteiger partial charge in [0.2, 0.25) is 10.0 Å². The second-order valence-corrected chi connectivity index (χ2v) is 9.25. The van der Waals surface area contributed by atoms with Crippen LogP contribution in [-0.4, -0.2) is 31.9 Å². The molecular formula is C21H24N4O2S. The van der Waals surface area contributed by atoms with E-state index < -0.39 is 21.5 Å². The summed E-state index contributed by atoms with van der Waals surface area (Å²) in [5.41, 5.74) is 10.5. The third-order valence-corrected chi connectivity index (χ3v) is 7.14. The van der Waals surface area contributed by atoms with Crippen molar-refractivity contribution in [2.45, 2.75) is 36.1 Å². The van der Waals surface area contributed by atoms with Crippen molar-refractivity contribution < 1.29 is 8.42 Å². The van der Waals surface area contributed by atoms with Gasteiger partial charge in [-0.3, -0.25) is 0 Å². The molecule has 1 aliphatic heterocycles. The highest BCUT2D eigenvalue weighted by Crippen LogP contribution is 2.40. The first-order chi connectivity index (χ1) is 13.4. The molecular weight excluding hydrogens is 372 g/mol. The van der Waals surface area contributed by atoms with Crippen LogP contribution in [0.3, 0.4) is 0 Å². The van der Waals surface area contributed by atoms with E-state index in [1.165, 1.54) is 4.31 Å². The van der Waals surface area contributed by atoms with Crippen LogP contribution in [-0.2, 0) is 15.4 Å². The lowest BCUT2D eigenvalue weighted by atomic mass is 9.71. The SMILES string of the molecule is C=CC[C@]1(c2ccccc2)C[C@@H](N=[N+]=[N-])CN(S(=O)(=O)c2ccc(C)cc2)C1. The third kappa shape index (κ3) is 3.97. The molecule has 2 atom stereocenters. The summed E-state index contributed by atoms with van der Waals surface area (Å²) in [4.78, 5) is 3.21. The molecule has 0 saturated carbocycles. The number of hydrogen-bond acceptors (Lipinski definition) is 3. The number of allylic oxidation sites excluding steroid dienone is 1. The molecule has 0 bridgehead atoms. The zero-order valence-electron chi connectivity index (χ0n) is 15.9. The maximum atomic E-state index is 13.3. The molecule has 28 heavy (non-hydrogen) atoms. The Morgan fingerprint density at radius 2 is 1.93 bits per heavy atom. The van der Waals surface area contributed by atoms with Gasteiger partial charge in [0.15, 0.2) is 0 Å². The minimum Gasteiger partial charge on any atom is -0.207 e. The van der Waals surface area contributed by atoms with Gasteiger partial charge in [-0.1, -0.05) is 59.2 Å². The molecule has 0 spiro atoms. The number of rotatable bonds is 6. The van der Waals surface area contributed by atoms with E-state index in [1.54, 1.807) is 24.3 Å². The summed E-state index contributed by atoms with van der Waals surface area (Å²) >= 11 is 0. The Morgan fingerprint density at radius 3 is 2.54 bits per heavy atom. The molecule has 2 aromatic carbocycles. The first-order valence-corrected chi connectivity index (χ1v) is 10.6. The van der Waals surface area contributed by atoms with E-state index in [2.05, 4.69) is 16.6 Å². The van der Waals surface area contributed by atoms with Crippen LogP contribution in [0.5, 0.6) is 0 Å². The quantitative estimate of drug-likeness (QED) is 0.310. The zero-order valence-corrected chi connectivity index (χ0v) is 16.7. The van der Waals surface area contributed by atoms with Crippen molar-refractivity contribution in [1.29, 1.82) is 0 Å². The zero-order chi connectivity index (χ0) is 20.2. The predicted octanol–water partition coefficient (Wildman–Crippen LogP) is 4.58. The van der Waals surface area contributed by atoms with Gasteiger partial charge < -0.3 is 0 Å². The number of piperidine rings is 1. The molecule has 0 aliphatic carbocycles. The van der Waals surface area contributed by atoms with E-state index in [-0.39, 0.29) is 11.4 Å². The molecule has 0 aromatic heterocycles. The highest BCUT2D eigenvalue weighted by Gasteiger charge is 2.44. The van der Waals surface area contributed by atoms with E-state index in [9.17, 15) is 8.42 Å². The molecule has 1 heterocycles. The lowest BCUT2D eigenvalue weighted by Gasteiger charge is -2.44. The lowest BCUT2D eigenvalue weighted by Crippen LogP contribution is -2.53. The largest absolute Gasteiger partial charge is 0.243 e. The van der Waals surface area contributed by atoms with Gasteiger partial charge in [-0.25, -0.2) is 8.42 Å². The van der Waals surface area contributed by atoms with Gasteiger partial charge in [0.25, 0.3) is 0 Å². The van der Waals surface area contributed by atoms with E-state index >= 15 is 0 Å². The lowest BCUT2D eigenvalue weighted by molar-refractivity contribution is 0.203. The smallest absolute Gasteiger partial charge is 0.207 e. The normalized spacial score (nSPS) is 23.0. The second-order valence-electron chi connectivity index (χ2n) is 7.31. The highest BCUT2D eigenvalue weighted by molar-refractivity contribution is 7.89. The summed E-state index contributed by atoms with van der Waals surface area (Å²) in [5, 5.41) is 3.90. The minimum atomic E-state index is -3.71. The van der Waals surface area contributed by atoms with Crippen molar-refractivity contribution in [2.24, 2.45) is 5.11 Å². The summed E-state index contributed by atoms with van der Waals surface area (Å²) in [6.45, 7) is 6.28. The number of benzene rings is 2. The van der Waals surface area contributed by atoms with Crippen molar-refractivity contribution in [2.75, 3.05) is 13.1 Å². The summed E-state index contributed by atoms with van der Waals surface area (Å²) in [6.07, 6.45) is 2.98. The predicted molar refractivity (Wildman–Crippen MR) is 110 cm³/mol. The second kappa shape index (κ2) is 8.19. The Bertz CT molecular complexity index is 983. The van der Waals surface area contributed by atoms with Crippen LogP contribution in [0, 0.1) is 6.92 Å². The van der Waals surface area contributed by atoms with Gasteiger partial charge in [0.05, 0.1) is 10.9 Å². The average Bonchev–Trinajstić information content (AvgIpc) is 2.69. The van der Waals surface area contributed by atoms with Crippen molar-refractivity contribution in [3.63, 3.8) is 0 Å². The van der Waals surface area contributed by atoms with Gasteiger partial charge in [-0.2, -0.15) is 4.31 Å². The number of aryl methyl sites for hydroxylation is 1. The molecule has 3 rings (SSSR count). The summed E-state index contributed by atoms with van der Waals surface area (Å²) < 4.78 is 28.1. The summed E-state index contributed by atoms with van der Waals surface area (Å²) in [7, 11) is -3.71. The number of nitrogens with zero attached hydrogens (tertiary/aromatic N) is 4. The van der Waals surface area contributed by atoms with Crippen LogP contribution in [0.25, 0.3) is 10.4 Å². The summed E-state index contributed by atoms with van der Waals surface area (Å²) in [6, 6.07) is 16.2. The molecule has 0 amide bonds. The van der Waals surface area contributed by atoms with Gasteiger partial charge in [0.1, 0.15) is 0 Å².